The molecule has 5 heteroatoms. The van der Waals surface area contributed by atoms with E-state index in [-0.39, 0.29) is 0 Å². The highest BCUT2D eigenvalue weighted by Crippen LogP contribution is 2.28. The van der Waals surface area contributed by atoms with Crippen LogP contribution >= 0.6 is 0 Å². The molecule has 0 amide bonds. The number of aliphatic imine (C=N–C) groups is 1. The van der Waals surface area contributed by atoms with Crippen molar-refractivity contribution in [2.45, 2.75) is 32.7 Å². The van der Waals surface area contributed by atoms with Crippen molar-refractivity contribution in [3.63, 3.8) is 0 Å². The molecule has 1 aliphatic carbocycles. The van der Waals surface area contributed by atoms with Crippen LogP contribution in [-0.4, -0.2) is 51.3 Å². The van der Waals surface area contributed by atoms with Crippen LogP contribution in [0.5, 0.6) is 5.75 Å². The summed E-state index contributed by atoms with van der Waals surface area (Å²) in [6, 6.07) is 8.16. The van der Waals surface area contributed by atoms with E-state index in [2.05, 4.69) is 36.3 Å². The SMILES string of the molecule is CCNC(=NCCCOCC1CC1)N(C)Cc1ccc(OC)cc1. The zero-order valence-electron chi connectivity index (χ0n) is 15.3. The molecule has 0 aromatic heterocycles. The van der Waals surface area contributed by atoms with Crippen molar-refractivity contribution in [3.8, 4) is 5.75 Å². The Bertz CT molecular complexity index is 498. The molecule has 134 valence electrons. The molecule has 2 rings (SSSR count). The lowest BCUT2D eigenvalue weighted by molar-refractivity contribution is 0.123. The maximum absolute atomic E-state index is 5.66. The highest BCUT2D eigenvalue weighted by molar-refractivity contribution is 5.79. The van der Waals surface area contributed by atoms with E-state index in [4.69, 9.17) is 14.5 Å². The first-order valence-electron chi connectivity index (χ1n) is 8.93. The van der Waals surface area contributed by atoms with Gasteiger partial charge in [0.05, 0.1) is 7.11 Å². The van der Waals surface area contributed by atoms with E-state index in [1.54, 1.807) is 7.11 Å². The number of nitrogens with one attached hydrogen (secondary N) is 1. The summed E-state index contributed by atoms with van der Waals surface area (Å²) in [5.74, 6) is 2.66. The average Bonchev–Trinajstić information content (AvgIpc) is 3.42. The third kappa shape index (κ3) is 6.79. The Morgan fingerprint density at radius 1 is 1.29 bits per heavy atom. The predicted octanol–water partition coefficient (Wildman–Crippen LogP) is 2.91. The van der Waals surface area contributed by atoms with E-state index in [9.17, 15) is 0 Å². The van der Waals surface area contributed by atoms with Crippen molar-refractivity contribution in [2.75, 3.05) is 40.5 Å². The van der Waals surface area contributed by atoms with Crippen LogP contribution in [0.3, 0.4) is 0 Å². The molecule has 0 spiro atoms. The van der Waals surface area contributed by atoms with Gasteiger partial charge in [0.25, 0.3) is 0 Å². The molecule has 0 unspecified atom stereocenters. The largest absolute Gasteiger partial charge is 0.497 e. The number of hydrogen-bond donors (Lipinski definition) is 1. The van der Waals surface area contributed by atoms with Gasteiger partial charge in [0.15, 0.2) is 5.96 Å². The van der Waals surface area contributed by atoms with Gasteiger partial charge in [-0.15, -0.1) is 0 Å². The highest BCUT2D eigenvalue weighted by atomic mass is 16.5. The normalized spacial score (nSPS) is 14.5. The van der Waals surface area contributed by atoms with Gasteiger partial charge in [-0.1, -0.05) is 12.1 Å². The fraction of sp³-hybridized carbons (Fsp3) is 0.632. The Balaban J connectivity index is 1.76. The van der Waals surface area contributed by atoms with Gasteiger partial charge >= 0.3 is 0 Å². The quantitative estimate of drug-likeness (QED) is 0.406. The zero-order chi connectivity index (χ0) is 17.2. The molecule has 1 fully saturated rings. The van der Waals surface area contributed by atoms with Crippen LogP contribution < -0.4 is 10.1 Å². The van der Waals surface area contributed by atoms with Crippen molar-refractivity contribution in [2.24, 2.45) is 10.9 Å². The Kier molecular flexibility index (Phi) is 7.89. The summed E-state index contributed by atoms with van der Waals surface area (Å²) in [4.78, 5) is 6.85. The Hall–Kier alpha value is -1.75. The molecular formula is C19H31N3O2. The molecule has 1 saturated carbocycles. The molecule has 1 aromatic carbocycles. The number of guanidine groups is 1. The van der Waals surface area contributed by atoms with E-state index in [0.717, 1.165) is 56.9 Å². The van der Waals surface area contributed by atoms with Crippen LogP contribution in [0.15, 0.2) is 29.3 Å². The Labute approximate surface area is 146 Å². The van der Waals surface area contributed by atoms with Gasteiger partial charge in [-0.25, -0.2) is 0 Å². The Morgan fingerprint density at radius 2 is 2.04 bits per heavy atom. The van der Waals surface area contributed by atoms with Crippen LogP contribution in [0, 0.1) is 5.92 Å². The second kappa shape index (κ2) is 10.2. The molecule has 0 atom stereocenters. The maximum atomic E-state index is 5.66. The lowest BCUT2D eigenvalue weighted by Gasteiger charge is -2.22. The molecule has 0 radical (unpaired) electrons. The fourth-order valence-corrected chi connectivity index (χ4v) is 2.44. The minimum absolute atomic E-state index is 0.792. The van der Waals surface area contributed by atoms with E-state index >= 15 is 0 Å². The molecule has 1 aliphatic rings. The van der Waals surface area contributed by atoms with Crippen LogP contribution in [0.1, 0.15) is 31.7 Å². The summed E-state index contributed by atoms with van der Waals surface area (Å²) >= 11 is 0. The van der Waals surface area contributed by atoms with Gasteiger partial charge in [0.2, 0.25) is 0 Å². The maximum Gasteiger partial charge on any atom is 0.193 e. The number of hydrogen-bond acceptors (Lipinski definition) is 3. The molecule has 0 bridgehead atoms. The van der Waals surface area contributed by atoms with Crippen LogP contribution in [0.4, 0.5) is 0 Å². The van der Waals surface area contributed by atoms with E-state index in [1.807, 2.05) is 12.1 Å². The standard InChI is InChI=1S/C19H31N3O2/c1-4-20-19(21-12-5-13-24-15-17-6-7-17)22(2)14-16-8-10-18(23-3)11-9-16/h8-11,17H,4-7,12-15H2,1-3H3,(H,20,21). The summed E-state index contributed by atoms with van der Waals surface area (Å²) in [5, 5.41) is 3.35. The summed E-state index contributed by atoms with van der Waals surface area (Å²) < 4.78 is 10.9. The van der Waals surface area contributed by atoms with Crippen LogP contribution in [-0.2, 0) is 11.3 Å². The third-order valence-corrected chi connectivity index (χ3v) is 4.03. The van der Waals surface area contributed by atoms with Crippen molar-refractivity contribution >= 4 is 5.96 Å². The molecule has 1 aromatic rings. The number of methoxy groups -OCH3 is 1. The monoisotopic (exact) mass is 333 g/mol. The minimum atomic E-state index is 0.792. The first kappa shape index (κ1) is 18.6. The van der Waals surface area contributed by atoms with Gasteiger partial charge in [0.1, 0.15) is 5.75 Å². The third-order valence-electron chi connectivity index (χ3n) is 4.03. The van der Waals surface area contributed by atoms with Crippen molar-refractivity contribution < 1.29 is 9.47 Å². The van der Waals surface area contributed by atoms with E-state index < -0.39 is 0 Å². The van der Waals surface area contributed by atoms with Crippen molar-refractivity contribution in [1.29, 1.82) is 0 Å². The van der Waals surface area contributed by atoms with Crippen molar-refractivity contribution in [3.05, 3.63) is 29.8 Å². The van der Waals surface area contributed by atoms with E-state index in [0.29, 0.717) is 0 Å². The topological polar surface area (TPSA) is 46.1 Å². The Morgan fingerprint density at radius 3 is 2.67 bits per heavy atom. The van der Waals surface area contributed by atoms with Gasteiger partial charge in [-0.3, -0.25) is 4.99 Å². The summed E-state index contributed by atoms with van der Waals surface area (Å²) in [7, 11) is 3.75. The van der Waals surface area contributed by atoms with Gasteiger partial charge in [-0.2, -0.15) is 0 Å². The summed E-state index contributed by atoms with van der Waals surface area (Å²) in [6.07, 6.45) is 3.66. The van der Waals surface area contributed by atoms with Crippen molar-refractivity contribution in [1.82, 2.24) is 10.2 Å². The summed E-state index contributed by atoms with van der Waals surface area (Å²) in [6.45, 7) is 6.30. The fourth-order valence-electron chi connectivity index (χ4n) is 2.44. The highest BCUT2D eigenvalue weighted by Gasteiger charge is 2.20. The van der Waals surface area contributed by atoms with E-state index in [1.165, 1.54) is 18.4 Å². The molecule has 5 nitrogen and oxygen atoms in total. The number of nitrogens with zero attached hydrogens (tertiary/aromatic N) is 2. The lowest BCUT2D eigenvalue weighted by atomic mass is 10.2. The summed E-state index contributed by atoms with van der Waals surface area (Å²) in [5.41, 5.74) is 1.23. The second-order valence-corrected chi connectivity index (χ2v) is 6.31. The van der Waals surface area contributed by atoms with Crippen LogP contribution in [0.25, 0.3) is 0 Å². The first-order chi connectivity index (χ1) is 11.7. The smallest absolute Gasteiger partial charge is 0.193 e. The molecule has 24 heavy (non-hydrogen) atoms. The van der Waals surface area contributed by atoms with Crippen LogP contribution in [0.2, 0.25) is 0 Å². The number of ether oxygens (including phenoxy) is 2. The first-order valence-corrected chi connectivity index (χ1v) is 8.93. The zero-order valence-corrected chi connectivity index (χ0v) is 15.3. The predicted molar refractivity (Wildman–Crippen MR) is 98.6 cm³/mol. The average molecular weight is 333 g/mol. The molecular weight excluding hydrogens is 302 g/mol. The van der Waals surface area contributed by atoms with Gasteiger partial charge in [0, 0.05) is 39.9 Å². The van der Waals surface area contributed by atoms with Gasteiger partial charge < -0.3 is 19.7 Å². The molecule has 0 saturated heterocycles. The number of benzene rings is 1. The molecule has 1 N–H and O–H groups in total. The minimum Gasteiger partial charge on any atom is -0.497 e. The second-order valence-electron chi connectivity index (χ2n) is 6.31. The molecule has 0 aliphatic heterocycles. The van der Waals surface area contributed by atoms with Gasteiger partial charge in [-0.05, 0) is 49.8 Å². The number of rotatable bonds is 10. The lowest BCUT2D eigenvalue weighted by Crippen LogP contribution is -2.38. The molecule has 0 heterocycles.